The van der Waals surface area contributed by atoms with Crippen LogP contribution in [0.2, 0.25) is 0 Å². The molecule has 1 N–H and O–H groups in total. The maximum atomic E-state index is 13.4. The molecular weight excluding hydrogens is 445 g/mol. The summed E-state index contributed by atoms with van der Waals surface area (Å²) in [7, 11) is 0. The van der Waals surface area contributed by atoms with Crippen LogP contribution in [-0.4, -0.2) is 41.2 Å². The normalized spacial score (nSPS) is 13.4. The molecule has 0 fully saturated rings. The minimum atomic E-state index is -0.693. The number of halogens is 1. The molecule has 0 saturated heterocycles. The number of hydrogen-bond donors (Lipinski definition) is 1. The Balaban J connectivity index is 1.46. The van der Waals surface area contributed by atoms with Crippen LogP contribution in [0.3, 0.4) is 0 Å². The zero-order valence-corrected chi connectivity index (χ0v) is 20.3. The molecule has 35 heavy (non-hydrogen) atoms. The Morgan fingerprint density at radius 1 is 1.00 bits per heavy atom. The summed E-state index contributed by atoms with van der Waals surface area (Å²) in [5.74, 6) is -0.851. The molecule has 0 aromatic heterocycles. The predicted molar refractivity (Wildman–Crippen MR) is 135 cm³/mol. The highest BCUT2D eigenvalue weighted by Gasteiger charge is 2.30. The van der Waals surface area contributed by atoms with E-state index in [0.29, 0.717) is 18.5 Å². The third-order valence-corrected chi connectivity index (χ3v) is 6.29. The molecule has 3 amide bonds. The predicted octanol–water partition coefficient (Wildman–Crippen LogP) is 4.66. The fraction of sp³-hybridized carbons (Fsp3) is 0.321. The molecule has 1 aliphatic rings. The molecule has 3 aromatic carbocycles. The van der Waals surface area contributed by atoms with Crippen LogP contribution in [0.15, 0.2) is 60.7 Å². The van der Waals surface area contributed by atoms with Crippen molar-refractivity contribution in [2.75, 3.05) is 11.4 Å². The van der Waals surface area contributed by atoms with Gasteiger partial charge in [-0.15, -0.1) is 0 Å². The van der Waals surface area contributed by atoms with Crippen LogP contribution in [-0.2, 0) is 16.1 Å². The first kappa shape index (κ1) is 24.4. The van der Waals surface area contributed by atoms with Gasteiger partial charge in [-0.05, 0) is 62.4 Å². The van der Waals surface area contributed by atoms with Gasteiger partial charge in [-0.3, -0.25) is 14.4 Å². The van der Waals surface area contributed by atoms with Gasteiger partial charge in [0.15, 0.2) is 0 Å². The quantitative estimate of drug-likeness (QED) is 0.489. The van der Waals surface area contributed by atoms with E-state index in [1.54, 1.807) is 24.0 Å². The van der Waals surface area contributed by atoms with Crippen LogP contribution in [0.4, 0.5) is 10.1 Å². The highest BCUT2D eigenvalue weighted by molar-refractivity contribution is 6.25. The summed E-state index contributed by atoms with van der Waals surface area (Å²) in [6.45, 7) is 6.01. The van der Waals surface area contributed by atoms with Gasteiger partial charge in [0.25, 0.3) is 5.91 Å². The average Bonchev–Trinajstić information content (AvgIpc) is 3.11. The van der Waals surface area contributed by atoms with Crippen molar-refractivity contribution in [3.05, 3.63) is 77.6 Å². The average molecular weight is 476 g/mol. The van der Waals surface area contributed by atoms with Gasteiger partial charge in [0.2, 0.25) is 11.8 Å². The molecule has 1 atom stereocenters. The van der Waals surface area contributed by atoms with Crippen molar-refractivity contribution in [1.29, 1.82) is 0 Å². The maximum Gasteiger partial charge on any atom is 0.258 e. The number of carbonyl (C=O) groups is 3. The number of hydrogen-bond acceptors (Lipinski definition) is 3. The lowest BCUT2D eigenvalue weighted by Crippen LogP contribution is -2.49. The third-order valence-electron chi connectivity index (χ3n) is 6.29. The lowest BCUT2D eigenvalue weighted by atomic mass is 10.1. The molecule has 0 unspecified atom stereocenters. The van der Waals surface area contributed by atoms with Gasteiger partial charge in [0, 0.05) is 36.5 Å². The molecule has 0 aliphatic carbocycles. The zero-order valence-electron chi connectivity index (χ0n) is 20.3. The van der Waals surface area contributed by atoms with Gasteiger partial charge in [0.1, 0.15) is 11.9 Å². The van der Waals surface area contributed by atoms with Crippen molar-refractivity contribution in [3.63, 3.8) is 0 Å². The summed E-state index contributed by atoms with van der Waals surface area (Å²) in [6, 6.07) is 16.7. The van der Waals surface area contributed by atoms with Gasteiger partial charge < -0.3 is 15.1 Å². The second-order valence-electron chi connectivity index (χ2n) is 9.23. The smallest absolute Gasteiger partial charge is 0.258 e. The van der Waals surface area contributed by atoms with E-state index in [9.17, 15) is 18.8 Å². The Hall–Kier alpha value is -3.74. The first-order valence-electron chi connectivity index (χ1n) is 11.9. The van der Waals surface area contributed by atoms with Crippen molar-refractivity contribution >= 4 is 34.2 Å². The summed E-state index contributed by atoms with van der Waals surface area (Å²) in [5, 5.41) is 4.82. The molecule has 6 nitrogen and oxygen atoms in total. The van der Waals surface area contributed by atoms with Crippen molar-refractivity contribution < 1.29 is 18.8 Å². The van der Waals surface area contributed by atoms with Gasteiger partial charge >= 0.3 is 0 Å². The fourth-order valence-electron chi connectivity index (χ4n) is 4.51. The summed E-state index contributed by atoms with van der Waals surface area (Å²) in [6.07, 6.45) is 0.629. The second kappa shape index (κ2) is 10.3. The molecule has 0 saturated carbocycles. The molecule has 4 rings (SSSR count). The van der Waals surface area contributed by atoms with Crippen LogP contribution in [0.5, 0.6) is 0 Å². The number of rotatable bonds is 9. The van der Waals surface area contributed by atoms with E-state index < -0.39 is 6.04 Å². The second-order valence-corrected chi connectivity index (χ2v) is 9.23. The lowest BCUT2D eigenvalue weighted by Gasteiger charge is -2.29. The Bertz CT molecular complexity index is 1250. The Labute approximate surface area is 204 Å². The molecule has 0 radical (unpaired) electrons. The number of nitrogens with one attached hydrogen (secondary N) is 1. The van der Waals surface area contributed by atoms with E-state index in [0.717, 1.165) is 22.0 Å². The van der Waals surface area contributed by atoms with E-state index in [4.69, 9.17) is 0 Å². The monoisotopic (exact) mass is 475 g/mol. The van der Waals surface area contributed by atoms with Gasteiger partial charge in [-0.2, -0.15) is 0 Å². The Morgan fingerprint density at radius 2 is 1.69 bits per heavy atom. The molecule has 1 aliphatic heterocycles. The number of anilines is 1. The van der Waals surface area contributed by atoms with Crippen molar-refractivity contribution in [3.8, 4) is 0 Å². The van der Waals surface area contributed by atoms with Crippen LogP contribution in [0.25, 0.3) is 10.8 Å². The topological polar surface area (TPSA) is 69.7 Å². The highest BCUT2D eigenvalue weighted by atomic mass is 19.1. The summed E-state index contributed by atoms with van der Waals surface area (Å²) < 4.78 is 13.4. The number of carbonyl (C=O) groups excluding carboxylic acids is 3. The van der Waals surface area contributed by atoms with Crippen molar-refractivity contribution in [2.45, 2.75) is 52.2 Å². The number of amides is 3. The maximum absolute atomic E-state index is 13.4. The van der Waals surface area contributed by atoms with Crippen molar-refractivity contribution in [1.82, 2.24) is 10.2 Å². The zero-order chi connectivity index (χ0) is 25.1. The summed E-state index contributed by atoms with van der Waals surface area (Å²) in [5.41, 5.74) is 2.28. The highest BCUT2D eigenvalue weighted by Crippen LogP contribution is 2.37. The van der Waals surface area contributed by atoms with Gasteiger partial charge in [-0.1, -0.05) is 36.4 Å². The van der Waals surface area contributed by atoms with E-state index >= 15 is 0 Å². The minimum absolute atomic E-state index is 0.0572. The van der Waals surface area contributed by atoms with Crippen LogP contribution >= 0.6 is 0 Å². The molecule has 3 aromatic rings. The summed E-state index contributed by atoms with van der Waals surface area (Å²) >= 11 is 0. The first-order chi connectivity index (χ1) is 16.8. The third kappa shape index (κ3) is 5.19. The van der Waals surface area contributed by atoms with E-state index in [1.807, 2.05) is 50.2 Å². The van der Waals surface area contributed by atoms with E-state index in [-0.39, 0.29) is 42.5 Å². The standard InChI is InChI=1S/C28H30FN3O3/c1-18(2)30-27(34)19(3)32(17-20-12-14-22(29)15-13-20)25(33)11-6-16-31-24-10-5-8-21-7-4-9-23(26(21)24)28(31)35/h4-5,7-10,12-15,18-19H,6,11,16-17H2,1-3H3,(H,30,34)/t19-/m1/s1. The minimum Gasteiger partial charge on any atom is -0.352 e. The SMILES string of the molecule is CC(C)NC(=O)[C@@H](C)N(Cc1ccc(F)cc1)C(=O)CCCN1C(=O)c2cccc3cccc1c23. The van der Waals surface area contributed by atoms with E-state index in [2.05, 4.69) is 5.32 Å². The van der Waals surface area contributed by atoms with Crippen molar-refractivity contribution in [2.24, 2.45) is 0 Å². The Kier molecular flexibility index (Phi) is 7.15. The van der Waals surface area contributed by atoms with Crippen LogP contribution < -0.4 is 10.2 Å². The number of benzene rings is 3. The van der Waals surface area contributed by atoms with Gasteiger partial charge in [-0.25, -0.2) is 4.39 Å². The molecule has 0 spiro atoms. The van der Waals surface area contributed by atoms with Crippen LogP contribution in [0, 0.1) is 5.82 Å². The lowest BCUT2D eigenvalue weighted by molar-refractivity contribution is -0.140. The number of nitrogens with zero attached hydrogens (tertiary/aromatic N) is 2. The molecule has 182 valence electrons. The molecule has 7 heteroatoms. The first-order valence-corrected chi connectivity index (χ1v) is 11.9. The fourth-order valence-corrected chi connectivity index (χ4v) is 4.51. The largest absolute Gasteiger partial charge is 0.352 e. The molecular formula is C28H30FN3O3. The van der Waals surface area contributed by atoms with Gasteiger partial charge in [0.05, 0.1) is 5.69 Å². The van der Waals surface area contributed by atoms with Crippen LogP contribution in [0.1, 0.15) is 49.5 Å². The molecule has 1 heterocycles. The molecule has 0 bridgehead atoms. The van der Waals surface area contributed by atoms with E-state index in [1.165, 1.54) is 17.0 Å². The Morgan fingerprint density at radius 3 is 2.37 bits per heavy atom. The summed E-state index contributed by atoms with van der Waals surface area (Å²) in [4.78, 5) is 42.2.